The lowest BCUT2D eigenvalue weighted by Crippen LogP contribution is -2.39. The van der Waals surface area contributed by atoms with Crippen molar-refractivity contribution >= 4 is 17.7 Å². The van der Waals surface area contributed by atoms with Crippen molar-refractivity contribution in [3.8, 4) is 16.9 Å². The first-order valence-electron chi connectivity index (χ1n) is 12.0. The maximum atomic E-state index is 15.4. The number of fused-ring (bicyclic) bond motifs is 1. The van der Waals surface area contributed by atoms with Crippen molar-refractivity contribution < 1.29 is 18.3 Å². The van der Waals surface area contributed by atoms with Gasteiger partial charge in [-0.2, -0.15) is 0 Å². The number of thioether (sulfide) groups is 1. The molecule has 0 radical (unpaired) electrons. The molecule has 0 fully saturated rings. The summed E-state index contributed by atoms with van der Waals surface area (Å²) in [6, 6.07) is 11.0. The van der Waals surface area contributed by atoms with Crippen molar-refractivity contribution in [2.24, 2.45) is 0 Å². The Morgan fingerprint density at radius 1 is 1.14 bits per heavy atom. The summed E-state index contributed by atoms with van der Waals surface area (Å²) in [6.07, 6.45) is 0.265. The highest BCUT2D eigenvalue weighted by atomic mass is 32.2. The monoisotopic (exact) mass is 527 g/mol. The van der Waals surface area contributed by atoms with Gasteiger partial charge in [0.1, 0.15) is 5.82 Å². The molecule has 0 spiro atoms. The summed E-state index contributed by atoms with van der Waals surface area (Å²) in [5.41, 5.74) is 2.00. The predicted octanol–water partition coefficient (Wildman–Crippen LogP) is 4.37. The van der Waals surface area contributed by atoms with Crippen molar-refractivity contribution in [1.82, 2.24) is 14.4 Å². The van der Waals surface area contributed by atoms with E-state index in [1.54, 1.807) is 55.9 Å². The zero-order valence-electron chi connectivity index (χ0n) is 21.7. The van der Waals surface area contributed by atoms with E-state index in [-0.39, 0.29) is 53.2 Å². The second kappa shape index (κ2) is 11.1. The van der Waals surface area contributed by atoms with Crippen molar-refractivity contribution in [3.63, 3.8) is 0 Å². The number of benzene rings is 2. The summed E-state index contributed by atoms with van der Waals surface area (Å²) in [6.45, 7) is 2.47. The molecular weight excluding hydrogens is 496 g/mol. The normalized spacial score (nSPS) is 14.6. The first kappa shape index (κ1) is 26.9. The number of aromatic nitrogens is 1. The molecule has 2 aromatic carbocycles. The number of pyridine rings is 1. The average molecular weight is 528 g/mol. The molecule has 0 N–H and O–H groups in total. The van der Waals surface area contributed by atoms with Gasteiger partial charge < -0.3 is 9.64 Å². The summed E-state index contributed by atoms with van der Waals surface area (Å²) < 4.78 is 37.0. The molecule has 196 valence electrons. The van der Waals surface area contributed by atoms with Gasteiger partial charge in [-0.1, -0.05) is 30.3 Å². The molecule has 6 nitrogen and oxygen atoms in total. The quantitative estimate of drug-likeness (QED) is 0.436. The number of halogens is 2. The molecule has 1 aromatic heterocycles. The number of carbonyl (C=O) groups excluding carboxylic acids is 1. The maximum absolute atomic E-state index is 15.4. The zero-order valence-corrected chi connectivity index (χ0v) is 22.5. The molecule has 37 heavy (non-hydrogen) atoms. The van der Waals surface area contributed by atoms with Crippen LogP contribution >= 0.6 is 11.8 Å². The van der Waals surface area contributed by atoms with Crippen molar-refractivity contribution in [1.29, 1.82) is 0 Å². The number of nitrogens with zero attached hydrogens (tertiary/aromatic N) is 3. The van der Waals surface area contributed by atoms with E-state index in [2.05, 4.69) is 0 Å². The molecule has 2 heterocycles. The fourth-order valence-electron chi connectivity index (χ4n) is 4.72. The number of hydrogen-bond acceptors (Lipinski definition) is 5. The SMILES string of the molecule is COc1cccc(-c2c(C)c(Cc3ccccc3F)c3n(c2=O)C(CN(C)CC(=O)N(C)C)CS3)c1F. The second-order valence-corrected chi connectivity index (χ2v) is 10.5. The number of hydrogen-bond donors (Lipinski definition) is 0. The van der Waals surface area contributed by atoms with Gasteiger partial charge in [-0.15, -0.1) is 11.8 Å². The molecule has 9 heteroatoms. The first-order valence-corrected chi connectivity index (χ1v) is 13.0. The fourth-order valence-corrected chi connectivity index (χ4v) is 6.09. The molecular formula is C28H31F2N3O3S. The Labute approximate surface area is 219 Å². The molecule has 1 atom stereocenters. The highest BCUT2D eigenvalue weighted by Gasteiger charge is 2.32. The molecule has 1 unspecified atom stereocenters. The molecule has 0 saturated heterocycles. The minimum Gasteiger partial charge on any atom is -0.494 e. The molecule has 1 aliphatic rings. The van der Waals surface area contributed by atoms with E-state index >= 15 is 4.39 Å². The number of ether oxygens (including phenoxy) is 1. The van der Waals surface area contributed by atoms with E-state index in [1.807, 2.05) is 11.9 Å². The number of amides is 1. The summed E-state index contributed by atoms with van der Waals surface area (Å²) in [5, 5.41) is 0.759. The van der Waals surface area contributed by atoms with E-state index in [1.165, 1.54) is 35.9 Å². The molecule has 0 aliphatic carbocycles. The minimum atomic E-state index is -0.613. The van der Waals surface area contributed by atoms with Gasteiger partial charge in [0.2, 0.25) is 5.91 Å². The van der Waals surface area contributed by atoms with Gasteiger partial charge in [0, 0.05) is 38.4 Å². The standard InChI is InChI=1S/C28H31F2N3O3S/c1-17-21(13-18-9-6-7-11-22(18)29)28-33(19(16-37-28)14-32(4)15-24(34)31(2)3)27(35)25(17)20-10-8-12-23(36-5)26(20)30/h6-12,19H,13-16H2,1-5H3. The predicted molar refractivity (Wildman–Crippen MR) is 143 cm³/mol. The van der Waals surface area contributed by atoms with Crippen LogP contribution in [0.3, 0.4) is 0 Å². The number of methoxy groups -OCH3 is 1. The number of likely N-dealkylation sites (N-methyl/N-ethyl adjacent to an activating group) is 2. The van der Waals surface area contributed by atoms with Gasteiger partial charge in [0.25, 0.3) is 5.56 Å². The van der Waals surface area contributed by atoms with Gasteiger partial charge in [0.05, 0.1) is 30.3 Å². The van der Waals surface area contributed by atoms with Crippen molar-refractivity contribution in [3.05, 3.63) is 81.1 Å². The molecule has 0 bridgehead atoms. The minimum absolute atomic E-state index is 0.0380. The number of rotatable bonds is 8. The topological polar surface area (TPSA) is 54.8 Å². The Balaban J connectivity index is 1.87. The van der Waals surface area contributed by atoms with Crippen molar-refractivity contribution in [2.75, 3.05) is 47.1 Å². The third-order valence-corrected chi connectivity index (χ3v) is 7.99. The molecule has 1 aliphatic heterocycles. The average Bonchev–Trinajstić information content (AvgIpc) is 3.27. The van der Waals surface area contributed by atoms with Crippen LogP contribution in [0.2, 0.25) is 0 Å². The third kappa shape index (κ3) is 5.29. The van der Waals surface area contributed by atoms with Gasteiger partial charge in [-0.3, -0.25) is 19.1 Å². The van der Waals surface area contributed by atoms with E-state index < -0.39 is 5.82 Å². The first-order chi connectivity index (χ1) is 17.6. The summed E-state index contributed by atoms with van der Waals surface area (Å²) in [7, 11) is 6.63. The van der Waals surface area contributed by atoms with Crippen LogP contribution in [0.4, 0.5) is 8.78 Å². The Hall–Kier alpha value is -3.17. The Bertz CT molecular complexity index is 1390. The lowest BCUT2D eigenvalue weighted by Gasteiger charge is -2.25. The Kier molecular flexibility index (Phi) is 8.04. The summed E-state index contributed by atoms with van der Waals surface area (Å²) in [5.74, 6) is -0.320. The lowest BCUT2D eigenvalue weighted by atomic mass is 9.94. The number of carbonyl (C=O) groups is 1. The van der Waals surface area contributed by atoms with Crippen LogP contribution in [0.5, 0.6) is 5.75 Å². The van der Waals surface area contributed by atoms with E-state index in [0.29, 0.717) is 23.4 Å². The zero-order chi connectivity index (χ0) is 26.9. The van der Waals surface area contributed by atoms with Gasteiger partial charge in [-0.05, 0) is 42.8 Å². The van der Waals surface area contributed by atoms with Crippen LogP contribution in [0.15, 0.2) is 52.3 Å². The van der Waals surface area contributed by atoms with Crippen LogP contribution in [-0.4, -0.2) is 67.4 Å². The summed E-state index contributed by atoms with van der Waals surface area (Å²) >= 11 is 1.54. The third-order valence-electron chi connectivity index (χ3n) is 6.72. The highest BCUT2D eigenvalue weighted by molar-refractivity contribution is 7.99. The van der Waals surface area contributed by atoms with Gasteiger partial charge in [-0.25, -0.2) is 8.78 Å². The molecule has 0 saturated carbocycles. The molecule has 4 rings (SSSR count). The highest BCUT2D eigenvalue weighted by Crippen LogP contribution is 2.40. The Morgan fingerprint density at radius 2 is 1.86 bits per heavy atom. The van der Waals surface area contributed by atoms with E-state index in [9.17, 15) is 14.0 Å². The Morgan fingerprint density at radius 3 is 2.54 bits per heavy atom. The maximum Gasteiger partial charge on any atom is 0.260 e. The van der Waals surface area contributed by atoms with E-state index in [0.717, 1.165) is 10.6 Å². The van der Waals surface area contributed by atoms with E-state index in [4.69, 9.17) is 4.74 Å². The van der Waals surface area contributed by atoms with Crippen LogP contribution in [-0.2, 0) is 11.2 Å². The van der Waals surface area contributed by atoms with Crippen LogP contribution in [0.1, 0.15) is 22.7 Å². The van der Waals surface area contributed by atoms with Gasteiger partial charge in [0.15, 0.2) is 11.6 Å². The fraction of sp³-hybridized carbons (Fsp3) is 0.357. The summed E-state index contributed by atoms with van der Waals surface area (Å²) in [4.78, 5) is 29.6. The van der Waals surface area contributed by atoms with Crippen LogP contribution in [0, 0.1) is 18.6 Å². The molecule has 3 aromatic rings. The van der Waals surface area contributed by atoms with Crippen LogP contribution < -0.4 is 10.3 Å². The second-order valence-electron chi connectivity index (χ2n) is 9.50. The smallest absolute Gasteiger partial charge is 0.260 e. The van der Waals surface area contributed by atoms with Crippen LogP contribution in [0.25, 0.3) is 11.1 Å². The largest absolute Gasteiger partial charge is 0.494 e. The van der Waals surface area contributed by atoms with Gasteiger partial charge >= 0.3 is 0 Å². The van der Waals surface area contributed by atoms with Crippen molar-refractivity contribution in [2.45, 2.75) is 24.4 Å². The molecule has 1 amide bonds. The lowest BCUT2D eigenvalue weighted by molar-refractivity contribution is -0.129.